The molecule has 0 saturated carbocycles. The van der Waals surface area contributed by atoms with Gasteiger partial charge in [0, 0.05) is 24.2 Å². The number of Topliss-reactive ketones (excluding diaryl/α,β-unsaturated/α-hetero) is 1. The van der Waals surface area contributed by atoms with Crippen LogP contribution in [0.2, 0.25) is 0 Å². The van der Waals surface area contributed by atoms with E-state index in [1.807, 2.05) is 0 Å². The molecule has 1 saturated heterocycles. The van der Waals surface area contributed by atoms with E-state index in [0.29, 0.717) is 24.3 Å². The number of ketones is 1. The van der Waals surface area contributed by atoms with Gasteiger partial charge in [-0.1, -0.05) is 24.6 Å². The molecule has 1 fully saturated rings. The normalized spacial score (nSPS) is 15.3. The van der Waals surface area contributed by atoms with Crippen molar-refractivity contribution in [3.05, 3.63) is 59.7 Å². The van der Waals surface area contributed by atoms with Crippen LogP contribution in [0.25, 0.3) is 0 Å². The Balaban J connectivity index is 1.85. The third-order valence-corrected chi connectivity index (χ3v) is 6.50. The number of hydrogen-bond donors (Lipinski definition) is 1. The number of para-hydroxylation sites is 1. The van der Waals surface area contributed by atoms with Crippen LogP contribution in [-0.2, 0) is 10.0 Å². The maximum atomic E-state index is 12.8. The van der Waals surface area contributed by atoms with Crippen LogP contribution in [-0.4, -0.2) is 37.5 Å². The number of nitrogens with one attached hydrogen (secondary N) is 1. The van der Waals surface area contributed by atoms with E-state index < -0.39 is 15.9 Å². The van der Waals surface area contributed by atoms with Crippen LogP contribution < -0.4 is 5.32 Å². The minimum Gasteiger partial charge on any atom is -0.321 e. The van der Waals surface area contributed by atoms with Gasteiger partial charge in [0.15, 0.2) is 5.78 Å². The molecule has 0 spiro atoms. The third-order valence-electron chi connectivity index (χ3n) is 4.60. The number of amides is 1. The molecule has 1 aliphatic heterocycles. The summed E-state index contributed by atoms with van der Waals surface area (Å²) in [4.78, 5) is 24.4. The lowest BCUT2D eigenvalue weighted by Gasteiger charge is -2.26. The Morgan fingerprint density at radius 1 is 0.963 bits per heavy atom. The Hall–Kier alpha value is -2.51. The van der Waals surface area contributed by atoms with Crippen molar-refractivity contribution in [2.24, 2.45) is 0 Å². The number of sulfonamides is 1. The highest BCUT2D eigenvalue weighted by atomic mass is 32.2. The lowest BCUT2D eigenvalue weighted by Crippen LogP contribution is -2.35. The third kappa shape index (κ3) is 4.26. The lowest BCUT2D eigenvalue weighted by molar-refractivity contribution is 0.101. The summed E-state index contributed by atoms with van der Waals surface area (Å²) in [6, 6.07) is 12.7. The van der Waals surface area contributed by atoms with Crippen molar-refractivity contribution in [3.8, 4) is 0 Å². The lowest BCUT2D eigenvalue weighted by atomic mass is 10.1. The summed E-state index contributed by atoms with van der Waals surface area (Å²) in [6.45, 7) is 2.44. The predicted octanol–water partition coefficient (Wildman–Crippen LogP) is 3.32. The summed E-state index contributed by atoms with van der Waals surface area (Å²) >= 11 is 0. The van der Waals surface area contributed by atoms with Crippen LogP contribution in [0.4, 0.5) is 5.69 Å². The van der Waals surface area contributed by atoms with Crippen LogP contribution in [0.5, 0.6) is 0 Å². The zero-order valence-electron chi connectivity index (χ0n) is 15.1. The highest BCUT2D eigenvalue weighted by Crippen LogP contribution is 2.22. The maximum Gasteiger partial charge on any atom is 0.255 e. The maximum absolute atomic E-state index is 12.8. The molecule has 1 aliphatic rings. The number of nitrogens with zero attached hydrogens (tertiary/aromatic N) is 1. The zero-order valence-corrected chi connectivity index (χ0v) is 16.0. The van der Waals surface area contributed by atoms with Gasteiger partial charge in [-0.25, -0.2) is 8.42 Å². The van der Waals surface area contributed by atoms with Gasteiger partial charge in [-0.3, -0.25) is 9.59 Å². The van der Waals surface area contributed by atoms with Crippen molar-refractivity contribution < 1.29 is 18.0 Å². The SMILES string of the molecule is CC(=O)c1ccccc1NC(=O)c1cccc(S(=O)(=O)N2CCCCC2)c1. The Labute approximate surface area is 159 Å². The van der Waals surface area contributed by atoms with Crippen LogP contribution >= 0.6 is 0 Å². The number of rotatable bonds is 5. The summed E-state index contributed by atoms with van der Waals surface area (Å²) < 4.78 is 27.1. The van der Waals surface area contributed by atoms with E-state index in [1.165, 1.54) is 23.4 Å². The highest BCUT2D eigenvalue weighted by molar-refractivity contribution is 7.89. The monoisotopic (exact) mass is 386 g/mol. The molecule has 1 N–H and O–H groups in total. The molecule has 3 rings (SSSR count). The van der Waals surface area contributed by atoms with E-state index in [0.717, 1.165) is 19.3 Å². The van der Waals surface area contributed by atoms with Crippen molar-refractivity contribution in [1.82, 2.24) is 4.31 Å². The Morgan fingerprint density at radius 2 is 1.67 bits per heavy atom. The summed E-state index contributed by atoms with van der Waals surface area (Å²) in [5.74, 6) is -0.619. The average Bonchev–Trinajstić information content (AvgIpc) is 2.69. The van der Waals surface area contributed by atoms with Gasteiger partial charge in [0.1, 0.15) is 0 Å². The van der Waals surface area contributed by atoms with E-state index >= 15 is 0 Å². The first-order valence-electron chi connectivity index (χ1n) is 8.91. The second kappa shape index (κ2) is 8.02. The number of benzene rings is 2. The van der Waals surface area contributed by atoms with Crippen molar-refractivity contribution in [3.63, 3.8) is 0 Å². The fraction of sp³-hybridized carbons (Fsp3) is 0.300. The number of carbonyl (C=O) groups excluding carboxylic acids is 2. The van der Waals surface area contributed by atoms with Gasteiger partial charge in [-0.15, -0.1) is 0 Å². The molecule has 7 heteroatoms. The molecule has 0 bridgehead atoms. The summed E-state index contributed by atoms with van der Waals surface area (Å²) in [6.07, 6.45) is 2.73. The molecule has 0 atom stereocenters. The summed E-state index contributed by atoms with van der Waals surface area (Å²) in [5.41, 5.74) is 1.04. The van der Waals surface area contributed by atoms with Crippen molar-refractivity contribution in [1.29, 1.82) is 0 Å². The molecule has 2 aromatic rings. The molecule has 1 heterocycles. The fourth-order valence-electron chi connectivity index (χ4n) is 3.15. The van der Waals surface area contributed by atoms with Crippen LogP contribution in [0.3, 0.4) is 0 Å². The Bertz CT molecular complexity index is 963. The number of hydrogen-bond acceptors (Lipinski definition) is 4. The van der Waals surface area contributed by atoms with E-state index in [2.05, 4.69) is 5.32 Å². The first-order chi connectivity index (χ1) is 12.9. The summed E-state index contributed by atoms with van der Waals surface area (Å²) in [5, 5.41) is 2.70. The Kier molecular flexibility index (Phi) is 5.72. The average molecular weight is 386 g/mol. The first kappa shape index (κ1) is 19.3. The second-order valence-corrected chi connectivity index (χ2v) is 8.49. The molecule has 1 amide bonds. The van der Waals surface area contributed by atoms with Crippen molar-refractivity contribution in [2.75, 3.05) is 18.4 Å². The molecular formula is C20H22N2O4S. The molecular weight excluding hydrogens is 364 g/mol. The van der Waals surface area contributed by atoms with Crippen molar-refractivity contribution in [2.45, 2.75) is 31.1 Å². The van der Waals surface area contributed by atoms with E-state index in [9.17, 15) is 18.0 Å². The fourth-order valence-corrected chi connectivity index (χ4v) is 4.71. The minimum absolute atomic E-state index is 0.108. The zero-order chi connectivity index (χ0) is 19.4. The Morgan fingerprint density at radius 3 is 2.37 bits per heavy atom. The molecule has 27 heavy (non-hydrogen) atoms. The van der Waals surface area contributed by atoms with Gasteiger partial charge in [0.05, 0.1) is 10.6 Å². The molecule has 6 nitrogen and oxygen atoms in total. The van der Waals surface area contributed by atoms with Gasteiger partial charge in [0.2, 0.25) is 10.0 Å². The largest absolute Gasteiger partial charge is 0.321 e. The van der Waals surface area contributed by atoms with E-state index in [1.54, 1.807) is 36.4 Å². The molecule has 2 aromatic carbocycles. The highest BCUT2D eigenvalue weighted by Gasteiger charge is 2.26. The van der Waals surface area contributed by atoms with Crippen LogP contribution in [0.15, 0.2) is 53.4 Å². The van der Waals surface area contributed by atoms with Crippen LogP contribution in [0.1, 0.15) is 46.9 Å². The standard InChI is InChI=1S/C20H22N2O4S/c1-15(23)18-10-3-4-11-19(18)21-20(24)16-8-7-9-17(14-16)27(25,26)22-12-5-2-6-13-22/h3-4,7-11,14H,2,5-6,12-13H2,1H3,(H,21,24). The van der Waals surface area contributed by atoms with Gasteiger partial charge in [-0.2, -0.15) is 4.31 Å². The number of piperidine rings is 1. The molecule has 142 valence electrons. The number of carbonyl (C=O) groups is 2. The van der Waals surface area contributed by atoms with E-state index in [4.69, 9.17) is 0 Å². The summed E-state index contributed by atoms with van der Waals surface area (Å²) in [7, 11) is -3.61. The minimum atomic E-state index is -3.61. The topological polar surface area (TPSA) is 83.5 Å². The van der Waals surface area contributed by atoms with Gasteiger partial charge in [0.25, 0.3) is 5.91 Å². The smallest absolute Gasteiger partial charge is 0.255 e. The van der Waals surface area contributed by atoms with Gasteiger partial charge >= 0.3 is 0 Å². The van der Waals surface area contributed by atoms with E-state index in [-0.39, 0.29) is 16.2 Å². The quantitative estimate of drug-likeness (QED) is 0.799. The first-order valence-corrected chi connectivity index (χ1v) is 10.3. The molecule has 0 radical (unpaired) electrons. The molecule has 0 aromatic heterocycles. The molecule has 0 unspecified atom stereocenters. The van der Waals surface area contributed by atoms with Gasteiger partial charge < -0.3 is 5.32 Å². The van der Waals surface area contributed by atoms with Crippen molar-refractivity contribution >= 4 is 27.4 Å². The molecule has 0 aliphatic carbocycles. The number of anilines is 1. The second-order valence-electron chi connectivity index (χ2n) is 6.55. The van der Waals surface area contributed by atoms with Crippen LogP contribution in [0, 0.1) is 0 Å². The van der Waals surface area contributed by atoms with Gasteiger partial charge in [-0.05, 0) is 50.1 Å². The predicted molar refractivity (Wildman–Crippen MR) is 103 cm³/mol.